The lowest BCUT2D eigenvalue weighted by Gasteiger charge is -2.33. The minimum Gasteiger partial charge on any atom is -0.393 e. The topological polar surface area (TPSA) is 73.6 Å². The molecule has 1 fully saturated rings. The van der Waals surface area contributed by atoms with Gasteiger partial charge in [-0.05, 0) is 13.5 Å². The van der Waals surface area contributed by atoms with Gasteiger partial charge in [0.15, 0.2) is 11.6 Å². The predicted molar refractivity (Wildman–Crippen MR) is 87.3 cm³/mol. The fourth-order valence-corrected chi connectivity index (χ4v) is 2.35. The zero-order valence-corrected chi connectivity index (χ0v) is 13.3. The molecule has 21 heavy (non-hydrogen) atoms. The molecule has 1 saturated heterocycles. The fraction of sp³-hybridized carbons (Fsp3) is 0.714. The van der Waals surface area contributed by atoms with Crippen molar-refractivity contribution in [1.82, 2.24) is 19.9 Å². The van der Waals surface area contributed by atoms with Crippen molar-refractivity contribution in [2.75, 3.05) is 62.9 Å². The van der Waals surface area contributed by atoms with Gasteiger partial charge in [0.1, 0.15) is 12.0 Å². The maximum absolute atomic E-state index is 6.23. The summed E-state index contributed by atoms with van der Waals surface area (Å²) < 4.78 is 0. The Morgan fingerprint density at radius 1 is 1.29 bits per heavy atom. The molecule has 1 aliphatic heterocycles. The van der Waals surface area contributed by atoms with E-state index in [1.807, 2.05) is 7.05 Å². The van der Waals surface area contributed by atoms with Gasteiger partial charge in [-0.15, -0.1) is 0 Å². The Bertz CT molecular complexity index is 443. The maximum Gasteiger partial charge on any atom is 0.169 e. The number of likely N-dealkylation sites (N-methyl/N-ethyl adjacent to an activating group) is 1. The third-order valence-corrected chi connectivity index (χ3v) is 3.84. The third-order valence-electron chi connectivity index (χ3n) is 3.84. The highest BCUT2D eigenvalue weighted by Crippen LogP contribution is 2.25. The van der Waals surface area contributed by atoms with Crippen molar-refractivity contribution >= 4 is 17.3 Å². The van der Waals surface area contributed by atoms with Crippen LogP contribution < -0.4 is 16.1 Å². The molecule has 7 heteroatoms. The van der Waals surface area contributed by atoms with E-state index in [2.05, 4.69) is 44.2 Å². The molecular weight excluding hydrogens is 266 g/mol. The van der Waals surface area contributed by atoms with Crippen molar-refractivity contribution in [3.63, 3.8) is 0 Å². The minimum absolute atomic E-state index is 0.620. The molecule has 2 rings (SSSR count). The number of nitrogens with one attached hydrogen (secondary N) is 1. The van der Waals surface area contributed by atoms with Gasteiger partial charge < -0.3 is 21.0 Å². The standard InChI is InChI=1S/C14H27N7/c1-4-5-6-20(3)14-12(15)13(16-11-17-14)18-21-9-7-19(2)8-10-21/h11H,4-10,15H2,1-3H3,(H,16,17,18). The van der Waals surface area contributed by atoms with Gasteiger partial charge in [-0.25, -0.2) is 15.0 Å². The molecule has 0 spiro atoms. The van der Waals surface area contributed by atoms with Crippen molar-refractivity contribution in [3.05, 3.63) is 6.33 Å². The maximum atomic E-state index is 6.23. The Kier molecular flexibility index (Phi) is 5.58. The van der Waals surface area contributed by atoms with Crippen LogP contribution in [0, 0.1) is 0 Å². The second-order valence-corrected chi connectivity index (χ2v) is 5.64. The Morgan fingerprint density at radius 2 is 2.00 bits per heavy atom. The summed E-state index contributed by atoms with van der Waals surface area (Å²) >= 11 is 0. The number of piperazine rings is 1. The van der Waals surface area contributed by atoms with Crippen LogP contribution in [0.25, 0.3) is 0 Å². The van der Waals surface area contributed by atoms with Crippen molar-refractivity contribution in [3.8, 4) is 0 Å². The first-order chi connectivity index (χ1) is 10.1. The third kappa shape index (κ3) is 4.18. The first-order valence-corrected chi connectivity index (χ1v) is 7.63. The van der Waals surface area contributed by atoms with Crippen molar-refractivity contribution in [1.29, 1.82) is 0 Å². The van der Waals surface area contributed by atoms with Crippen LogP contribution >= 0.6 is 0 Å². The van der Waals surface area contributed by atoms with E-state index in [9.17, 15) is 0 Å². The second kappa shape index (κ2) is 7.42. The van der Waals surface area contributed by atoms with Gasteiger partial charge >= 0.3 is 0 Å². The molecule has 1 aliphatic rings. The molecule has 0 amide bonds. The molecule has 0 radical (unpaired) electrons. The van der Waals surface area contributed by atoms with Crippen LogP contribution in [0.4, 0.5) is 17.3 Å². The van der Waals surface area contributed by atoms with E-state index in [1.165, 1.54) is 0 Å². The van der Waals surface area contributed by atoms with Gasteiger partial charge in [0, 0.05) is 39.8 Å². The molecule has 0 aromatic carbocycles. The lowest BCUT2D eigenvalue weighted by Crippen LogP contribution is -2.47. The van der Waals surface area contributed by atoms with Crippen molar-refractivity contribution < 1.29 is 0 Å². The smallest absolute Gasteiger partial charge is 0.169 e. The number of nitrogens with zero attached hydrogens (tertiary/aromatic N) is 5. The lowest BCUT2D eigenvalue weighted by atomic mass is 10.3. The number of anilines is 3. The number of nitrogen functional groups attached to an aromatic ring is 1. The zero-order chi connectivity index (χ0) is 15.2. The molecule has 118 valence electrons. The highest BCUT2D eigenvalue weighted by molar-refractivity contribution is 5.74. The van der Waals surface area contributed by atoms with Gasteiger partial charge in [0.2, 0.25) is 0 Å². The quantitative estimate of drug-likeness (QED) is 0.806. The average Bonchev–Trinajstić information content (AvgIpc) is 2.49. The highest BCUT2D eigenvalue weighted by Gasteiger charge is 2.17. The van der Waals surface area contributed by atoms with E-state index in [4.69, 9.17) is 5.73 Å². The number of hydrogen-bond donors (Lipinski definition) is 2. The van der Waals surface area contributed by atoms with Crippen LogP contribution in [0.5, 0.6) is 0 Å². The minimum atomic E-state index is 0.620. The predicted octanol–water partition coefficient (Wildman–Crippen LogP) is 0.869. The van der Waals surface area contributed by atoms with Gasteiger partial charge in [0.05, 0.1) is 0 Å². The van der Waals surface area contributed by atoms with Crippen LogP contribution in [0.1, 0.15) is 19.8 Å². The molecule has 1 aromatic heterocycles. The molecule has 0 unspecified atom stereocenters. The van der Waals surface area contributed by atoms with Crippen LogP contribution in [0.15, 0.2) is 6.33 Å². The van der Waals surface area contributed by atoms with Crippen LogP contribution in [-0.2, 0) is 0 Å². The Morgan fingerprint density at radius 3 is 2.67 bits per heavy atom. The van der Waals surface area contributed by atoms with Gasteiger partial charge in [-0.3, -0.25) is 0 Å². The normalized spacial score (nSPS) is 16.9. The molecular formula is C14H27N7. The molecule has 0 atom stereocenters. The Labute approximate surface area is 127 Å². The largest absolute Gasteiger partial charge is 0.393 e. The number of aromatic nitrogens is 2. The second-order valence-electron chi connectivity index (χ2n) is 5.64. The molecule has 3 N–H and O–H groups in total. The van der Waals surface area contributed by atoms with E-state index in [0.29, 0.717) is 11.5 Å². The summed E-state index contributed by atoms with van der Waals surface area (Å²) in [4.78, 5) is 13.0. The molecule has 2 heterocycles. The summed E-state index contributed by atoms with van der Waals surface area (Å²) in [7, 11) is 4.16. The van der Waals surface area contributed by atoms with E-state index in [-0.39, 0.29) is 0 Å². The number of hydrazine groups is 1. The average molecular weight is 293 g/mol. The van der Waals surface area contributed by atoms with E-state index < -0.39 is 0 Å². The van der Waals surface area contributed by atoms with Gasteiger partial charge in [0.25, 0.3) is 0 Å². The van der Waals surface area contributed by atoms with Gasteiger partial charge in [-0.2, -0.15) is 0 Å². The number of rotatable bonds is 6. The van der Waals surface area contributed by atoms with Gasteiger partial charge in [-0.1, -0.05) is 13.3 Å². The van der Waals surface area contributed by atoms with Crippen LogP contribution in [0.2, 0.25) is 0 Å². The lowest BCUT2D eigenvalue weighted by molar-refractivity contribution is 0.178. The Hall–Kier alpha value is -1.60. The molecule has 7 nitrogen and oxygen atoms in total. The summed E-state index contributed by atoms with van der Waals surface area (Å²) in [6.45, 7) is 7.13. The van der Waals surface area contributed by atoms with Crippen molar-refractivity contribution in [2.45, 2.75) is 19.8 Å². The van der Waals surface area contributed by atoms with E-state index >= 15 is 0 Å². The van der Waals surface area contributed by atoms with Crippen LogP contribution in [0.3, 0.4) is 0 Å². The summed E-state index contributed by atoms with van der Waals surface area (Å²) in [6.07, 6.45) is 3.86. The number of nitrogens with two attached hydrogens (primary N) is 1. The van der Waals surface area contributed by atoms with E-state index in [1.54, 1.807) is 6.33 Å². The summed E-state index contributed by atoms with van der Waals surface area (Å²) in [5, 5.41) is 2.16. The van der Waals surface area contributed by atoms with E-state index in [0.717, 1.165) is 51.4 Å². The monoisotopic (exact) mass is 293 g/mol. The molecule has 1 aromatic rings. The van der Waals surface area contributed by atoms with Crippen molar-refractivity contribution in [2.24, 2.45) is 0 Å². The summed E-state index contributed by atoms with van der Waals surface area (Å²) in [6, 6.07) is 0. The highest BCUT2D eigenvalue weighted by atomic mass is 15.5. The van der Waals surface area contributed by atoms with Crippen LogP contribution in [-0.4, -0.2) is 66.7 Å². The molecule has 0 bridgehead atoms. The molecule has 0 aliphatic carbocycles. The zero-order valence-electron chi connectivity index (χ0n) is 13.3. The summed E-state index contributed by atoms with van der Waals surface area (Å²) in [5.74, 6) is 1.50. The first-order valence-electron chi connectivity index (χ1n) is 7.63. The fourth-order valence-electron chi connectivity index (χ4n) is 2.35. The molecule has 0 saturated carbocycles. The first kappa shape index (κ1) is 15.8. The Balaban J connectivity index is 2.03. The number of unbranched alkanes of at least 4 members (excludes halogenated alkanes) is 1. The summed E-state index contributed by atoms with van der Waals surface area (Å²) in [5.41, 5.74) is 10.2. The number of hydrogen-bond acceptors (Lipinski definition) is 7. The SMILES string of the molecule is CCCCN(C)c1ncnc(NN2CCN(C)CC2)c1N.